The highest BCUT2D eigenvalue weighted by Gasteiger charge is 2.34. The summed E-state index contributed by atoms with van der Waals surface area (Å²) in [5.41, 5.74) is 1.66. The number of carboxylic acids is 1. The van der Waals surface area contributed by atoms with Crippen LogP contribution >= 0.6 is 23.2 Å². The van der Waals surface area contributed by atoms with Crippen molar-refractivity contribution >= 4 is 46.0 Å². The fraction of sp³-hybridized carbons (Fsp3) is 0.333. The number of benzene rings is 2. The standard InChI is InChI=1S/C24H21Cl2F3N2O3/c1-12-5-14(24(27,28)29)7-20-17(12)8-15(30(20)2)9-18-19(25)4-3-16(22(18)26)23(34)31-10-13(11-31)6-21(32)33/h3-5,7-8,13H,6,9-11H2,1-2H3,(H,32,33). The van der Waals surface area contributed by atoms with E-state index in [1.54, 1.807) is 30.7 Å². The van der Waals surface area contributed by atoms with Crippen LogP contribution in [-0.4, -0.2) is 39.5 Å². The molecule has 1 N–H and O–H groups in total. The van der Waals surface area contributed by atoms with Crippen molar-refractivity contribution in [1.29, 1.82) is 0 Å². The van der Waals surface area contributed by atoms with Gasteiger partial charge < -0.3 is 14.6 Å². The number of carboxylic acid groups (broad SMARTS) is 1. The van der Waals surface area contributed by atoms with E-state index in [0.717, 1.165) is 12.1 Å². The van der Waals surface area contributed by atoms with Crippen LogP contribution in [0.4, 0.5) is 13.2 Å². The molecule has 1 fully saturated rings. The minimum absolute atomic E-state index is 0.000101. The summed E-state index contributed by atoms with van der Waals surface area (Å²) in [5, 5.41) is 10.1. The van der Waals surface area contributed by atoms with E-state index < -0.39 is 17.7 Å². The van der Waals surface area contributed by atoms with Crippen LogP contribution in [0.25, 0.3) is 10.9 Å². The summed E-state index contributed by atoms with van der Waals surface area (Å²) >= 11 is 13.0. The first kappa shape index (κ1) is 24.4. The molecule has 1 aliphatic heterocycles. The predicted molar refractivity (Wildman–Crippen MR) is 124 cm³/mol. The second-order valence-electron chi connectivity index (χ2n) is 8.66. The number of fused-ring (bicyclic) bond motifs is 1. The molecule has 0 bridgehead atoms. The van der Waals surface area contributed by atoms with E-state index in [2.05, 4.69) is 0 Å². The highest BCUT2D eigenvalue weighted by atomic mass is 35.5. The van der Waals surface area contributed by atoms with Gasteiger partial charge in [0, 0.05) is 54.1 Å². The van der Waals surface area contributed by atoms with Crippen molar-refractivity contribution in [2.24, 2.45) is 13.0 Å². The Labute approximate surface area is 203 Å². The Hall–Kier alpha value is -2.71. The number of carbonyl (C=O) groups is 2. The van der Waals surface area contributed by atoms with Gasteiger partial charge in [-0.1, -0.05) is 23.2 Å². The van der Waals surface area contributed by atoms with Crippen LogP contribution in [0, 0.1) is 12.8 Å². The predicted octanol–water partition coefficient (Wildman–Crippen LogP) is 5.95. The number of hydrogen-bond donors (Lipinski definition) is 1. The lowest BCUT2D eigenvalue weighted by atomic mass is 9.95. The molecule has 5 nitrogen and oxygen atoms in total. The first-order valence-electron chi connectivity index (χ1n) is 10.5. The van der Waals surface area contributed by atoms with Gasteiger partial charge in [0.1, 0.15) is 0 Å². The minimum Gasteiger partial charge on any atom is -0.481 e. The largest absolute Gasteiger partial charge is 0.481 e. The van der Waals surface area contributed by atoms with Crippen LogP contribution in [0.3, 0.4) is 0 Å². The normalized spacial score (nSPS) is 14.5. The summed E-state index contributed by atoms with van der Waals surface area (Å²) in [7, 11) is 1.68. The maximum absolute atomic E-state index is 13.3. The second kappa shape index (κ2) is 8.82. The van der Waals surface area contributed by atoms with E-state index in [1.165, 1.54) is 11.0 Å². The third-order valence-corrected chi connectivity index (χ3v) is 7.06. The smallest absolute Gasteiger partial charge is 0.416 e. The summed E-state index contributed by atoms with van der Waals surface area (Å²) in [6.07, 6.45) is -4.24. The quantitative estimate of drug-likeness (QED) is 0.459. The number of nitrogens with zero attached hydrogens (tertiary/aromatic N) is 2. The number of aryl methyl sites for hydroxylation is 2. The molecule has 1 aromatic heterocycles. The van der Waals surface area contributed by atoms with Gasteiger partial charge in [-0.3, -0.25) is 9.59 Å². The van der Waals surface area contributed by atoms with E-state index in [1.807, 2.05) is 0 Å². The minimum atomic E-state index is -4.45. The SMILES string of the molecule is Cc1cc(C(F)(F)F)cc2c1cc(Cc1c(Cl)ccc(C(=O)N3CC(CC(=O)O)C3)c1Cl)n2C. The van der Waals surface area contributed by atoms with Gasteiger partial charge in [0.15, 0.2) is 0 Å². The van der Waals surface area contributed by atoms with E-state index in [9.17, 15) is 22.8 Å². The molecule has 34 heavy (non-hydrogen) atoms. The Kier molecular flexibility index (Phi) is 6.33. The highest BCUT2D eigenvalue weighted by molar-refractivity contribution is 6.38. The zero-order valence-corrected chi connectivity index (χ0v) is 19.9. The molecule has 0 spiro atoms. The molecule has 1 saturated heterocycles. The molecule has 4 rings (SSSR count). The molecule has 10 heteroatoms. The van der Waals surface area contributed by atoms with Gasteiger partial charge in [-0.2, -0.15) is 13.2 Å². The van der Waals surface area contributed by atoms with Crippen LogP contribution < -0.4 is 0 Å². The van der Waals surface area contributed by atoms with Crippen LogP contribution in [0.5, 0.6) is 0 Å². The molecule has 2 aromatic carbocycles. The van der Waals surface area contributed by atoms with Crippen molar-refractivity contribution < 1.29 is 27.9 Å². The topological polar surface area (TPSA) is 62.5 Å². The summed E-state index contributed by atoms with van der Waals surface area (Å²) in [6.45, 7) is 2.30. The van der Waals surface area contributed by atoms with E-state index in [4.69, 9.17) is 28.3 Å². The molecular formula is C24H21Cl2F3N2O3. The third-order valence-electron chi connectivity index (χ3n) is 6.28. The monoisotopic (exact) mass is 512 g/mol. The number of alkyl halides is 3. The Morgan fingerprint density at radius 2 is 1.82 bits per heavy atom. The van der Waals surface area contributed by atoms with Crippen molar-refractivity contribution in [2.75, 3.05) is 13.1 Å². The van der Waals surface area contributed by atoms with Gasteiger partial charge in [-0.15, -0.1) is 0 Å². The van der Waals surface area contributed by atoms with Crippen LogP contribution in [0.15, 0.2) is 30.3 Å². The molecule has 0 aliphatic carbocycles. The molecule has 0 radical (unpaired) electrons. The number of halogens is 5. The molecule has 3 aromatic rings. The maximum atomic E-state index is 13.3. The van der Waals surface area contributed by atoms with Gasteiger partial charge >= 0.3 is 12.1 Å². The summed E-state index contributed by atoms with van der Waals surface area (Å²) < 4.78 is 41.5. The highest BCUT2D eigenvalue weighted by Crippen LogP contribution is 2.36. The first-order valence-corrected chi connectivity index (χ1v) is 11.3. The van der Waals surface area contributed by atoms with E-state index in [0.29, 0.717) is 45.8 Å². The van der Waals surface area contributed by atoms with Gasteiger partial charge in [0.25, 0.3) is 5.91 Å². The zero-order valence-electron chi connectivity index (χ0n) is 18.3. The molecule has 180 valence electrons. The molecule has 0 atom stereocenters. The fourth-order valence-electron chi connectivity index (χ4n) is 4.38. The Bertz CT molecular complexity index is 1310. The maximum Gasteiger partial charge on any atom is 0.416 e. The number of amides is 1. The van der Waals surface area contributed by atoms with Crippen LogP contribution in [0.1, 0.15) is 39.2 Å². The van der Waals surface area contributed by atoms with Gasteiger partial charge in [0.05, 0.1) is 22.6 Å². The zero-order chi connectivity index (χ0) is 24.9. The number of carbonyl (C=O) groups excluding carboxylic acids is 1. The lowest BCUT2D eigenvalue weighted by molar-refractivity contribution is -0.139. The molecule has 2 heterocycles. The summed E-state index contributed by atoms with van der Waals surface area (Å²) in [4.78, 5) is 25.3. The number of rotatable bonds is 5. The fourth-order valence-corrected chi connectivity index (χ4v) is 4.97. The Morgan fingerprint density at radius 3 is 2.44 bits per heavy atom. The van der Waals surface area contributed by atoms with Crippen molar-refractivity contribution in [1.82, 2.24) is 9.47 Å². The van der Waals surface area contributed by atoms with Crippen molar-refractivity contribution in [3.8, 4) is 0 Å². The van der Waals surface area contributed by atoms with Gasteiger partial charge in [0.2, 0.25) is 0 Å². The number of likely N-dealkylation sites (tertiary alicyclic amines) is 1. The van der Waals surface area contributed by atoms with E-state index in [-0.39, 0.29) is 35.3 Å². The second-order valence-corrected chi connectivity index (χ2v) is 9.44. The lowest BCUT2D eigenvalue weighted by Gasteiger charge is -2.38. The summed E-state index contributed by atoms with van der Waals surface area (Å²) in [5.74, 6) is -1.31. The van der Waals surface area contributed by atoms with Crippen molar-refractivity contribution in [3.05, 3.63) is 68.3 Å². The Morgan fingerprint density at radius 1 is 1.15 bits per heavy atom. The molecule has 1 amide bonds. The van der Waals surface area contributed by atoms with Crippen molar-refractivity contribution in [3.63, 3.8) is 0 Å². The number of aromatic nitrogens is 1. The summed E-state index contributed by atoms with van der Waals surface area (Å²) in [6, 6.07) is 7.14. The van der Waals surface area contributed by atoms with Gasteiger partial charge in [-0.25, -0.2) is 0 Å². The third kappa shape index (κ3) is 4.49. The van der Waals surface area contributed by atoms with E-state index >= 15 is 0 Å². The average molecular weight is 513 g/mol. The molecular weight excluding hydrogens is 492 g/mol. The molecule has 0 unspecified atom stereocenters. The van der Waals surface area contributed by atoms with Crippen LogP contribution in [0.2, 0.25) is 10.0 Å². The molecule has 0 saturated carbocycles. The van der Waals surface area contributed by atoms with Gasteiger partial charge in [-0.05, 0) is 48.4 Å². The molecule has 1 aliphatic rings. The number of hydrogen-bond acceptors (Lipinski definition) is 2. The number of aliphatic carboxylic acids is 1. The first-order chi connectivity index (χ1) is 15.9. The lowest BCUT2D eigenvalue weighted by Crippen LogP contribution is -2.50. The van der Waals surface area contributed by atoms with Crippen LogP contribution in [-0.2, 0) is 24.4 Å². The Balaban J connectivity index is 1.65. The van der Waals surface area contributed by atoms with Crippen molar-refractivity contribution in [2.45, 2.75) is 25.9 Å². The average Bonchev–Trinajstić information content (AvgIpc) is 3.03.